The number of hydrogen-bond donors (Lipinski definition) is 1. The maximum Gasteiger partial charge on any atom is 0.167 e. The molecule has 0 radical (unpaired) electrons. The molecule has 1 aromatic carbocycles. The van der Waals surface area contributed by atoms with E-state index in [1.54, 1.807) is 0 Å². The van der Waals surface area contributed by atoms with E-state index in [2.05, 4.69) is 5.32 Å². The number of nitrogens with one attached hydrogen (secondary N) is 1. The summed E-state index contributed by atoms with van der Waals surface area (Å²) < 4.78 is 30.3. The highest BCUT2D eigenvalue weighted by atomic mass is 19.1. The fraction of sp³-hybridized carbons (Fsp3) is 0.571. The van der Waals surface area contributed by atoms with Gasteiger partial charge in [0.2, 0.25) is 0 Å². The molecule has 1 saturated heterocycles. The van der Waals surface area contributed by atoms with Crippen molar-refractivity contribution in [3.63, 3.8) is 0 Å². The minimum absolute atomic E-state index is 0.0188. The summed E-state index contributed by atoms with van der Waals surface area (Å²) in [7, 11) is 1.51. The van der Waals surface area contributed by atoms with Crippen LogP contribution in [-0.4, -0.2) is 32.9 Å². The van der Waals surface area contributed by atoms with Gasteiger partial charge in [-0.25, -0.2) is 4.39 Å². The van der Waals surface area contributed by atoms with E-state index < -0.39 is 0 Å². The number of hydrogen-bond acceptors (Lipinski definition) is 4. The molecular weight excluding hydrogens is 249 g/mol. The van der Waals surface area contributed by atoms with Gasteiger partial charge in [0.05, 0.1) is 25.9 Å². The smallest absolute Gasteiger partial charge is 0.167 e. The molecule has 19 heavy (non-hydrogen) atoms. The first-order valence-electron chi connectivity index (χ1n) is 6.48. The summed E-state index contributed by atoms with van der Waals surface area (Å²) in [6, 6.07) is 2.79. The lowest BCUT2D eigenvalue weighted by molar-refractivity contribution is 0.0248. The third-order valence-corrected chi connectivity index (χ3v) is 2.90. The summed E-state index contributed by atoms with van der Waals surface area (Å²) in [4.78, 5) is 0. The fourth-order valence-electron chi connectivity index (χ4n) is 2.11. The SMILES string of the molecule is COc1cc(F)cc(C2CNCCO2)c1OC(C)C. The summed E-state index contributed by atoms with van der Waals surface area (Å²) in [5, 5.41) is 3.23. The molecule has 1 aromatic rings. The second-order valence-electron chi connectivity index (χ2n) is 4.76. The van der Waals surface area contributed by atoms with Gasteiger partial charge >= 0.3 is 0 Å². The summed E-state index contributed by atoms with van der Waals surface area (Å²) in [5.41, 5.74) is 0.692. The third kappa shape index (κ3) is 3.36. The molecule has 1 fully saturated rings. The van der Waals surface area contributed by atoms with Crippen LogP contribution in [0.2, 0.25) is 0 Å². The first-order valence-corrected chi connectivity index (χ1v) is 6.48. The van der Waals surface area contributed by atoms with Gasteiger partial charge in [-0.05, 0) is 19.9 Å². The zero-order chi connectivity index (χ0) is 13.8. The summed E-state index contributed by atoms with van der Waals surface area (Å²) >= 11 is 0. The zero-order valence-electron chi connectivity index (χ0n) is 11.5. The van der Waals surface area contributed by atoms with Crippen LogP contribution in [0.15, 0.2) is 12.1 Å². The number of benzene rings is 1. The van der Waals surface area contributed by atoms with E-state index in [1.165, 1.54) is 19.2 Å². The van der Waals surface area contributed by atoms with Gasteiger partial charge in [0, 0.05) is 24.7 Å². The van der Waals surface area contributed by atoms with Crippen LogP contribution in [0.4, 0.5) is 4.39 Å². The molecule has 106 valence electrons. The number of ether oxygens (including phenoxy) is 3. The zero-order valence-corrected chi connectivity index (χ0v) is 11.5. The Balaban J connectivity index is 2.40. The normalized spacial score (nSPS) is 19.5. The van der Waals surface area contributed by atoms with E-state index >= 15 is 0 Å². The molecule has 2 rings (SSSR count). The Hall–Kier alpha value is -1.33. The van der Waals surface area contributed by atoms with Crippen LogP contribution in [-0.2, 0) is 4.74 Å². The lowest BCUT2D eigenvalue weighted by atomic mass is 10.1. The monoisotopic (exact) mass is 269 g/mol. The molecule has 1 N–H and O–H groups in total. The fourth-order valence-corrected chi connectivity index (χ4v) is 2.11. The molecular formula is C14H20FNO3. The van der Waals surface area contributed by atoms with Gasteiger partial charge in [-0.15, -0.1) is 0 Å². The van der Waals surface area contributed by atoms with Crippen LogP contribution in [0.3, 0.4) is 0 Å². The van der Waals surface area contributed by atoms with E-state index in [-0.39, 0.29) is 18.0 Å². The summed E-state index contributed by atoms with van der Waals surface area (Å²) in [6.07, 6.45) is -0.234. The van der Waals surface area contributed by atoms with Crippen LogP contribution in [0, 0.1) is 5.82 Å². The first kappa shape index (κ1) is 14.1. The van der Waals surface area contributed by atoms with Gasteiger partial charge < -0.3 is 19.5 Å². The predicted octanol–water partition coefficient (Wildman–Crippen LogP) is 2.28. The quantitative estimate of drug-likeness (QED) is 0.910. The van der Waals surface area contributed by atoms with Crippen molar-refractivity contribution in [1.29, 1.82) is 0 Å². The molecule has 0 aliphatic carbocycles. The standard InChI is InChI=1S/C14H20FNO3/c1-9(2)19-14-11(13-8-16-4-5-18-13)6-10(15)7-12(14)17-3/h6-7,9,13,16H,4-5,8H2,1-3H3. The van der Waals surface area contributed by atoms with E-state index in [0.29, 0.717) is 30.2 Å². The highest BCUT2D eigenvalue weighted by Crippen LogP contribution is 2.38. The molecule has 1 aliphatic heterocycles. The Kier molecular flexibility index (Phi) is 4.61. The Bertz CT molecular complexity index is 431. The van der Waals surface area contributed by atoms with Crippen LogP contribution in [0.25, 0.3) is 0 Å². The largest absolute Gasteiger partial charge is 0.493 e. The molecule has 1 atom stereocenters. The lowest BCUT2D eigenvalue weighted by Gasteiger charge is -2.27. The molecule has 5 heteroatoms. The second kappa shape index (κ2) is 6.21. The molecule has 0 amide bonds. The highest BCUT2D eigenvalue weighted by Gasteiger charge is 2.24. The molecule has 1 aliphatic rings. The van der Waals surface area contributed by atoms with Crippen molar-refractivity contribution in [3.05, 3.63) is 23.5 Å². The maximum atomic E-state index is 13.7. The lowest BCUT2D eigenvalue weighted by Crippen LogP contribution is -2.33. The minimum Gasteiger partial charge on any atom is -0.493 e. The van der Waals surface area contributed by atoms with Crippen LogP contribution < -0.4 is 14.8 Å². The number of methoxy groups -OCH3 is 1. The Morgan fingerprint density at radius 2 is 2.21 bits per heavy atom. The number of rotatable bonds is 4. The molecule has 1 heterocycles. The van der Waals surface area contributed by atoms with Crippen molar-refractivity contribution in [2.24, 2.45) is 0 Å². The Morgan fingerprint density at radius 1 is 1.42 bits per heavy atom. The molecule has 0 aromatic heterocycles. The summed E-state index contributed by atoms with van der Waals surface area (Å²) in [6.45, 7) is 5.90. The van der Waals surface area contributed by atoms with Crippen LogP contribution in [0.5, 0.6) is 11.5 Å². The van der Waals surface area contributed by atoms with Gasteiger partial charge in [-0.1, -0.05) is 0 Å². The van der Waals surface area contributed by atoms with E-state index in [1.807, 2.05) is 13.8 Å². The second-order valence-corrected chi connectivity index (χ2v) is 4.76. The third-order valence-electron chi connectivity index (χ3n) is 2.90. The van der Waals surface area contributed by atoms with Crippen LogP contribution in [0.1, 0.15) is 25.5 Å². The van der Waals surface area contributed by atoms with E-state index in [9.17, 15) is 4.39 Å². The first-order chi connectivity index (χ1) is 9.11. The van der Waals surface area contributed by atoms with Crippen molar-refractivity contribution >= 4 is 0 Å². The number of morpholine rings is 1. The highest BCUT2D eigenvalue weighted by molar-refractivity contribution is 5.48. The van der Waals surface area contributed by atoms with Gasteiger partial charge in [0.15, 0.2) is 11.5 Å². The molecule has 0 saturated carbocycles. The van der Waals surface area contributed by atoms with E-state index in [4.69, 9.17) is 14.2 Å². The van der Waals surface area contributed by atoms with Crippen molar-refractivity contribution in [2.75, 3.05) is 26.8 Å². The Labute approximate surface area is 112 Å². The average molecular weight is 269 g/mol. The average Bonchev–Trinajstić information content (AvgIpc) is 2.40. The minimum atomic E-state index is -0.350. The van der Waals surface area contributed by atoms with Crippen molar-refractivity contribution in [2.45, 2.75) is 26.1 Å². The van der Waals surface area contributed by atoms with Crippen LogP contribution >= 0.6 is 0 Å². The predicted molar refractivity (Wildman–Crippen MR) is 70.3 cm³/mol. The van der Waals surface area contributed by atoms with Crippen molar-refractivity contribution in [3.8, 4) is 11.5 Å². The van der Waals surface area contributed by atoms with Gasteiger partial charge in [0.1, 0.15) is 5.82 Å². The summed E-state index contributed by atoms with van der Waals surface area (Å²) in [5.74, 6) is 0.614. The van der Waals surface area contributed by atoms with Crippen molar-refractivity contribution < 1.29 is 18.6 Å². The molecule has 0 bridgehead atoms. The maximum absolute atomic E-state index is 13.7. The molecule has 4 nitrogen and oxygen atoms in total. The van der Waals surface area contributed by atoms with Gasteiger partial charge in [-0.2, -0.15) is 0 Å². The van der Waals surface area contributed by atoms with Crippen molar-refractivity contribution in [1.82, 2.24) is 5.32 Å². The van der Waals surface area contributed by atoms with E-state index in [0.717, 1.165) is 6.54 Å². The molecule has 0 spiro atoms. The van der Waals surface area contributed by atoms with Gasteiger partial charge in [-0.3, -0.25) is 0 Å². The molecule has 1 unspecified atom stereocenters. The topological polar surface area (TPSA) is 39.7 Å². The number of halogens is 1. The van der Waals surface area contributed by atoms with Gasteiger partial charge in [0.25, 0.3) is 0 Å². The Morgan fingerprint density at radius 3 is 2.79 bits per heavy atom.